The highest BCUT2D eigenvalue weighted by Gasteiger charge is 2.38. The highest BCUT2D eigenvalue weighted by atomic mass is 16.5. The van der Waals surface area contributed by atoms with Crippen molar-refractivity contribution in [3.05, 3.63) is 12.2 Å². The summed E-state index contributed by atoms with van der Waals surface area (Å²) in [6.45, 7) is 0. The van der Waals surface area contributed by atoms with Crippen molar-refractivity contribution in [2.75, 3.05) is 7.11 Å². The van der Waals surface area contributed by atoms with E-state index in [2.05, 4.69) is 5.32 Å². The van der Waals surface area contributed by atoms with Gasteiger partial charge >= 0.3 is 0 Å². The van der Waals surface area contributed by atoms with Crippen molar-refractivity contribution >= 4 is 11.8 Å². The van der Waals surface area contributed by atoms with Gasteiger partial charge < -0.3 is 15.8 Å². The molecule has 0 saturated carbocycles. The Labute approximate surface area is 63.2 Å². The number of hydrogen-bond donors (Lipinski definition) is 2. The molecule has 1 aliphatic rings. The highest BCUT2D eigenvalue weighted by molar-refractivity contribution is 5.99. The lowest BCUT2D eigenvalue weighted by Crippen LogP contribution is -2.54. The molecule has 3 N–H and O–H groups in total. The summed E-state index contributed by atoms with van der Waals surface area (Å²) in [6.07, 6.45) is 2.49. The number of nitrogens with one attached hydrogen (secondary N) is 1. The predicted molar refractivity (Wildman–Crippen MR) is 36.2 cm³/mol. The Kier molecular flexibility index (Phi) is 1.66. The maximum atomic E-state index is 10.7. The minimum Gasteiger partial charge on any atom is -0.365 e. The van der Waals surface area contributed by atoms with Gasteiger partial charge in [0.15, 0.2) is 0 Å². The van der Waals surface area contributed by atoms with Crippen LogP contribution in [0.3, 0.4) is 0 Å². The zero-order valence-electron chi connectivity index (χ0n) is 5.96. The Morgan fingerprint density at radius 2 is 2.45 bits per heavy atom. The second kappa shape index (κ2) is 2.35. The first-order chi connectivity index (χ1) is 5.10. The molecule has 2 amide bonds. The SMILES string of the molecule is COC1(C(N)=O)C=CC(=O)N1. The third-order valence-corrected chi connectivity index (χ3v) is 1.47. The molecule has 0 radical (unpaired) electrons. The Balaban J connectivity index is 2.89. The minimum absolute atomic E-state index is 0.384. The number of ether oxygens (including phenoxy) is 1. The number of nitrogens with two attached hydrogens (primary N) is 1. The van der Waals surface area contributed by atoms with Crippen LogP contribution in [0.25, 0.3) is 0 Å². The summed E-state index contributed by atoms with van der Waals surface area (Å²) in [4.78, 5) is 21.4. The number of carbonyl (C=O) groups excluding carboxylic acids is 2. The molecule has 0 fully saturated rings. The van der Waals surface area contributed by atoms with E-state index >= 15 is 0 Å². The van der Waals surface area contributed by atoms with Crippen LogP contribution >= 0.6 is 0 Å². The van der Waals surface area contributed by atoms with Crippen molar-refractivity contribution in [1.82, 2.24) is 5.32 Å². The topological polar surface area (TPSA) is 81.4 Å². The van der Waals surface area contributed by atoms with E-state index in [-0.39, 0.29) is 5.91 Å². The van der Waals surface area contributed by atoms with Gasteiger partial charge in [0, 0.05) is 13.2 Å². The van der Waals surface area contributed by atoms with Gasteiger partial charge in [-0.1, -0.05) is 0 Å². The second-order valence-electron chi connectivity index (χ2n) is 2.13. The van der Waals surface area contributed by atoms with E-state index in [4.69, 9.17) is 10.5 Å². The quantitative estimate of drug-likeness (QED) is 0.510. The van der Waals surface area contributed by atoms with Crippen molar-refractivity contribution in [2.45, 2.75) is 5.72 Å². The number of hydrogen-bond acceptors (Lipinski definition) is 3. The summed E-state index contributed by atoms with van der Waals surface area (Å²) in [5.41, 5.74) is 3.54. The molecule has 0 aromatic rings. The fourth-order valence-corrected chi connectivity index (χ4v) is 0.823. The Morgan fingerprint density at radius 1 is 1.82 bits per heavy atom. The van der Waals surface area contributed by atoms with Gasteiger partial charge in [0.05, 0.1) is 0 Å². The van der Waals surface area contributed by atoms with Gasteiger partial charge in [0.1, 0.15) is 0 Å². The van der Waals surface area contributed by atoms with Crippen LogP contribution in [0.4, 0.5) is 0 Å². The Bertz CT molecular complexity index is 236. The van der Waals surface area contributed by atoms with Crippen molar-refractivity contribution in [3.63, 3.8) is 0 Å². The molecule has 1 atom stereocenters. The van der Waals surface area contributed by atoms with Gasteiger partial charge in [-0.15, -0.1) is 0 Å². The van der Waals surface area contributed by atoms with E-state index < -0.39 is 11.6 Å². The van der Waals surface area contributed by atoms with Crippen LogP contribution in [0.5, 0.6) is 0 Å². The lowest BCUT2D eigenvalue weighted by molar-refractivity contribution is -0.141. The van der Waals surface area contributed by atoms with Gasteiger partial charge in [-0.3, -0.25) is 9.59 Å². The molecule has 0 saturated heterocycles. The van der Waals surface area contributed by atoms with Crippen LogP contribution in [0.15, 0.2) is 12.2 Å². The van der Waals surface area contributed by atoms with Crippen molar-refractivity contribution in [3.8, 4) is 0 Å². The summed E-state index contributed by atoms with van der Waals surface area (Å²) in [5, 5.41) is 2.27. The molecule has 5 heteroatoms. The molecule has 1 aliphatic heterocycles. The zero-order chi connectivity index (χ0) is 8.48. The first kappa shape index (κ1) is 7.74. The normalized spacial score (nSPS) is 28.6. The fourth-order valence-electron chi connectivity index (χ4n) is 0.823. The van der Waals surface area contributed by atoms with Gasteiger partial charge in [-0.25, -0.2) is 0 Å². The van der Waals surface area contributed by atoms with Crippen LogP contribution in [-0.4, -0.2) is 24.6 Å². The molecule has 0 spiro atoms. The maximum absolute atomic E-state index is 10.7. The van der Waals surface area contributed by atoms with Gasteiger partial charge in [-0.2, -0.15) is 0 Å². The van der Waals surface area contributed by atoms with Crippen molar-refractivity contribution < 1.29 is 14.3 Å². The van der Waals surface area contributed by atoms with Crippen LogP contribution in [0.2, 0.25) is 0 Å². The molecule has 60 valence electrons. The molecule has 0 aliphatic carbocycles. The van der Waals surface area contributed by atoms with Crippen molar-refractivity contribution in [2.24, 2.45) is 5.73 Å². The molecule has 0 aromatic carbocycles. The van der Waals surface area contributed by atoms with Crippen molar-refractivity contribution in [1.29, 1.82) is 0 Å². The number of amides is 2. The molecule has 0 aromatic heterocycles. The molecule has 1 heterocycles. The van der Waals surface area contributed by atoms with E-state index in [1.54, 1.807) is 0 Å². The Morgan fingerprint density at radius 3 is 2.64 bits per heavy atom. The number of methoxy groups -OCH3 is 1. The van der Waals surface area contributed by atoms with E-state index in [1.807, 2.05) is 0 Å². The predicted octanol–water partition coefficient (Wildman–Crippen LogP) is -1.50. The lowest BCUT2D eigenvalue weighted by atomic mass is 10.2. The van der Waals surface area contributed by atoms with Crippen LogP contribution in [0, 0.1) is 0 Å². The lowest BCUT2D eigenvalue weighted by Gasteiger charge is -2.21. The number of primary amides is 1. The minimum atomic E-state index is -1.43. The second-order valence-corrected chi connectivity index (χ2v) is 2.13. The zero-order valence-corrected chi connectivity index (χ0v) is 5.96. The molecular formula is C6H8N2O3. The van der Waals surface area contributed by atoms with Crippen LogP contribution in [0.1, 0.15) is 0 Å². The first-order valence-electron chi connectivity index (χ1n) is 2.97. The fraction of sp³-hybridized carbons (Fsp3) is 0.333. The average Bonchev–Trinajstić information content (AvgIpc) is 2.33. The monoisotopic (exact) mass is 156 g/mol. The van der Waals surface area contributed by atoms with E-state index in [1.165, 1.54) is 19.3 Å². The van der Waals surface area contributed by atoms with Gasteiger partial charge in [0.25, 0.3) is 5.91 Å². The number of carbonyl (C=O) groups is 2. The molecule has 0 bridgehead atoms. The highest BCUT2D eigenvalue weighted by Crippen LogP contribution is 2.12. The van der Waals surface area contributed by atoms with E-state index in [0.717, 1.165) is 0 Å². The third kappa shape index (κ3) is 1.10. The first-order valence-corrected chi connectivity index (χ1v) is 2.97. The summed E-state index contributed by atoms with van der Waals surface area (Å²) >= 11 is 0. The maximum Gasteiger partial charge on any atom is 0.275 e. The molecular weight excluding hydrogens is 148 g/mol. The van der Waals surface area contributed by atoms with Gasteiger partial charge in [0.2, 0.25) is 11.6 Å². The standard InChI is InChI=1S/C6H8N2O3/c1-11-6(5(7)10)3-2-4(9)8-6/h2-3H,1H3,(H2,7,10)(H,8,9). The van der Waals surface area contributed by atoms with Crippen LogP contribution < -0.4 is 11.1 Å². The largest absolute Gasteiger partial charge is 0.365 e. The summed E-state index contributed by atoms with van der Waals surface area (Å²) in [7, 11) is 1.29. The molecule has 11 heavy (non-hydrogen) atoms. The smallest absolute Gasteiger partial charge is 0.275 e. The average molecular weight is 156 g/mol. The summed E-state index contributed by atoms with van der Waals surface area (Å²) < 4.78 is 4.74. The molecule has 1 rings (SSSR count). The summed E-state index contributed by atoms with van der Waals surface area (Å²) in [5.74, 6) is -1.12. The Hall–Kier alpha value is -1.36. The molecule has 5 nitrogen and oxygen atoms in total. The van der Waals surface area contributed by atoms with E-state index in [0.29, 0.717) is 0 Å². The molecule has 1 unspecified atom stereocenters. The van der Waals surface area contributed by atoms with Crippen LogP contribution in [-0.2, 0) is 14.3 Å². The summed E-state index contributed by atoms with van der Waals surface area (Å²) in [6, 6.07) is 0. The number of rotatable bonds is 2. The third-order valence-electron chi connectivity index (χ3n) is 1.47. The van der Waals surface area contributed by atoms with Gasteiger partial charge in [-0.05, 0) is 6.08 Å². The van der Waals surface area contributed by atoms with E-state index in [9.17, 15) is 9.59 Å².